The Balaban J connectivity index is 1.36. The van der Waals surface area contributed by atoms with Gasteiger partial charge in [0.25, 0.3) is 0 Å². The molecule has 2 aromatic carbocycles. The van der Waals surface area contributed by atoms with E-state index in [1.165, 1.54) is 4.31 Å². The standard InChI is InChI=1S/C26H28N2O5S/c1-17-11-20(27-15-22(17)18-5-4-6-21(12-18)34(30,31)28(2)3)14-25(29)26(9-10-26)19-7-8-23-24(13-19)33-16-32-23/h4-8,11-13,15,30-31H,9-10,14,16H2,1-3H3. The topological polar surface area (TPSA) is 92.1 Å². The molecule has 1 aliphatic carbocycles. The number of ether oxygens (including phenoxy) is 2. The molecule has 178 valence electrons. The van der Waals surface area contributed by atoms with E-state index in [9.17, 15) is 13.9 Å². The Morgan fingerprint density at radius 1 is 1.09 bits per heavy atom. The van der Waals surface area contributed by atoms with Crippen LogP contribution in [0.4, 0.5) is 0 Å². The van der Waals surface area contributed by atoms with Crippen LogP contribution in [0.15, 0.2) is 59.6 Å². The number of Topliss-reactive ketones (excluding diaryl/α,β-unsaturated/α-hetero) is 1. The van der Waals surface area contributed by atoms with Crippen molar-refractivity contribution in [2.75, 3.05) is 20.9 Å². The molecule has 34 heavy (non-hydrogen) atoms. The molecule has 1 saturated carbocycles. The fourth-order valence-electron chi connectivity index (χ4n) is 4.44. The highest BCUT2D eigenvalue weighted by Gasteiger charge is 2.51. The monoisotopic (exact) mass is 480 g/mol. The maximum Gasteiger partial charge on any atom is 0.231 e. The van der Waals surface area contributed by atoms with Crippen LogP contribution in [0.5, 0.6) is 11.5 Å². The molecule has 0 spiro atoms. The van der Waals surface area contributed by atoms with E-state index < -0.39 is 16.2 Å². The van der Waals surface area contributed by atoms with Crippen molar-refractivity contribution < 1.29 is 23.4 Å². The number of hydrogen-bond acceptors (Lipinski definition) is 7. The molecule has 8 heteroatoms. The Morgan fingerprint density at radius 3 is 2.56 bits per heavy atom. The summed E-state index contributed by atoms with van der Waals surface area (Å²) in [5.41, 5.74) is 3.96. The predicted molar refractivity (Wildman–Crippen MR) is 131 cm³/mol. The minimum Gasteiger partial charge on any atom is -0.454 e. The van der Waals surface area contributed by atoms with Gasteiger partial charge in [0.2, 0.25) is 6.79 Å². The van der Waals surface area contributed by atoms with Crippen molar-refractivity contribution >= 4 is 16.6 Å². The molecule has 0 unspecified atom stereocenters. The molecule has 0 amide bonds. The van der Waals surface area contributed by atoms with Crippen molar-refractivity contribution in [3.63, 3.8) is 0 Å². The molecular formula is C26H28N2O5S. The number of hydrogen-bond donors (Lipinski definition) is 2. The first-order valence-electron chi connectivity index (χ1n) is 11.2. The molecule has 0 radical (unpaired) electrons. The first-order valence-corrected chi connectivity index (χ1v) is 12.7. The average molecular weight is 481 g/mol. The third-order valence-corrected chi connectivity index (χ3v) is 8.59. The van der Waals surface area contributed by atoms with Gasteiger partial charge in [-0.25, -0.2) is 4.31 Å². The second-order valence-corrected chi connectivity index (χ2v) is 11.3. The molecule has 1 fully saturated rings. The Labute approximate surface area is 200 Å². The third-order valence-electron chi connectivity index (χ3n) is 6.69. The van der Waals surface area contributed by atoms with Crippen molar-refractivity contribution in [1.82, 2.24) is 9.29 Å². The molecule has 2 aliphatic rings. The number of carbonyl (C=O) groups excluding carboxylic acids is 1. The Morgan fingerprint density at radius 2 is 1.85 bits per heavy atom. The van der Waals surface area contributed by atoms with Crippen LogP contribution in [0.2, 0.25) is 0 Å². The van der Waals surface area contributed by atoms with Crippen molar-refractivity contribution in [3.05, 3.63) is 71.5 Å². The van der Waals surface area contributed by atoms with Gasteiger partial charge in [-0.2, -0.15) is 0 Å². The summed E-state index contributed by atoms with van der Waals surface area (Å²) in [6.07, 6.45) is 3.68. The second kappa shape index (κ2) is 8.39. The zero-order chi connectivity index (χ0) is 24.1. The van der Waals surface area contributed by atoms with Gasteiger partial charge in [-0.3, -0.25) is 18.9 Å². The first-order chi connectivity index (χ1) is 16.2. The highest BCUT2D eigenvalue weighted by molar-refractivity contribution is 8.22. The number of aryl methyl sites for hydroxylation is 1. The molecule has 3 aromatic rings. The molecule has 7 nitrogen and oxygen atoms in total. The number of benzene rings is 2. The molecule has 2 N–H and O–H groups in total. The van der Waals surface area contributed by atoms with E-state index in [4.69, 9.17) is 9.47 Å². The van der Waals surface area contributed by atoms with Crippen molar-refractivity contribution in [3.8, 4) is 22.6 Å². The molecular weight excluding hydrogens is 452 g/mol. The number of aromatic nitrogens is 1. The molecule has 5 rings (SSSR count). The number of carbonyl (C=O) groups is 1. The third kappa shape index (κ3) is 3.96. The van der Waals surface area contributed by atoms with E-state index in [1.54, 1.807) is 38.5 Å². The number of ketones is 1. The normalized spacial score (nSPS) is 16.5. The number of fused-ring (bicyclic) bond motifs is 1. The van der Waals surface area contributed by atoms with E-state index in [0.717, 1.165) is 46.5 Å². The molecule has 1 aromatic heterocycles. The molecule has 2 heterocycles. The maximum atomic E-state index is 13.3. The van der Waals surface area contributed by atoms with E-state index >= 15 is 0 Å². The zero-order valence-electron chi connectivity index (χ0n) is 19.4. The lowest BCUT2D eigenvalue weighted by atomic mass is 9.88. The first kappa shape index (κ1) is 22.9. The Hall–Kier alpha value is -2.91. The summed E-state index contributed by atoms with van der Waals surface area (Å²) in [4.78, 5) is 18.3. The van der Waals surface area contributed by atoms with Crippen LogP contribution in [0.3, 0.4) is 0 Å². The molecule has 0 bridgehead atoms. The summed E-state index contributed by atoms with van der Waals surface area (Å²) in [5.74, 6) is 1.58. The van der Waals surface area contributed by atoms with Crippen LogP contribution in [0.25, 0.3) is 11.1 Å². The van der Waals surface area contributed by atoms with Crippen LogP contribution >= 0.6 is 10.8 Å². The van der Waals surface area contributed by atoms with Gasteiger partial charge in [0.05, 0.1) is 10.3 Å². The van der Waals surface area contributed by atoms with E-state index in [-0.39, 0.29) is 19.0 Å². The van der Waals surface area contributed by atoms with Gasteiger partial charge < -0.3 is 9.47 Å². The minimum absolute atomic E-state index is 0.160. The fraction of sp³-hybridized carbons (Fsp3) is 0.308. The molecule has 1 aliphatic heterocycles. The van der Waals surface area contributed by atoms with E-state index in [1.807, 2.05) is 37.3 Å². The van der Waals surface area contributed by atoms with Crippen molar-refractivity contribution in [2.24, 2.45) is 0 Å². The lowest BCUT2D eigenvalue weighted by molar-refractivity contribution is -0.120. The van der Waals surface area contributed by atoms with Crippen molar-refractivity contribution in [1.29, 1.82) is 0 Å². The fourth-order valence-corrected chi connectivity index (χ4v) is 5.41. The summed E-state index contributed by atoms with van der Waals surface area (Å²) < 4.78 is 33.2. The lowest BCUT2D eigenvalue weighted by Gasteiger charge is -2.38. The number of nitrogens with zero attached hydrogens (tertiary/aromatic N) is 2. The van der Waals surface area contributed by atoms with Gasteiger partial charge in [-0.15, -0.1) is 10.8 Å². The van der Waals surface area contributed by atoms with E-state index in [2.05, 4.69) is 4.98 Å². The van der Waals surface area contributed by atoms with Gasteiger partial charge in [0.1, 0.15) is 5.78 Å². The Kier molecular flexibility index (Phi) is 5.64. The van der Waals surface area contributed by atoms with Gasteiger partial charge in [-0.05, 0) is 66.8 Å². The maximum absolute atomic E-state index is 13.3. The van der Waals surface area contributed by atoms with E-state index in [0.29, 0.717) is 10.6 Å². The number of rotatable bonds is 7. The highest BCUT2D eigenvalue weighted by Crippen LogP contribution is 2.52. The van der Waals surface area contributed by atoms with Gasteiger partial charge >= 0.3 is 0 Å². The summed E-state index contributed by atoms with van der Waals surface area (Å²) >= 11 is 0. The van der Waals surface area contributed by atoms with Gasteiger partial charge in [0.15, 0.2) is 11.5 Å². The lowest BCUT2D eigenvalue weighted by Crippen LogP contribution is -2.23. The molecule has 0 saturated heterocycles. The van der Waals surface area contributed by atoms with Crippen LogP contribution in [0.1, 0.15) is 29.7 Å². The summed E-state index contributed by atoms with van der Waals surface area (Å²) in [7, 11) is 0.239. The van der Waals surface area contributed by atoms with Crippen LogP contribution in [-0.2, 0) is 16.6 Å². The minimum atomic E-state index is -3.03. The van der Waals surface area contributed by atoms with Crippen LogP contribution in [0, 0.1) is 6.92 Å². The quantitative estimate of drug-likeness (QED) is 0.479. The number of pyridine rings is 1. The second-order valence-electron chi connectivity index (χ2n) is 9.10. The summed E-state index contributed by atoms with van der Waals surface area (Å²) in [6, 6.07) is 14.9. The summed E-state index contributed by atoms with van der Waals surface area (Å²) in [5, 5.41) is 0. The van der Waals surface area contributed by atoms with Crippen LogP contribution in [-0.4, -0.2) is 45.1 Å². The molecule has 0 atom stereocenters. The zero-order valence-corrected chi connectivity index (χ0v) is 20.3. The smallest absolute Gasteiger partial charge is 0.231 e. The van der Waals surface area contributed by atoms with Crippen LogP contribution < -0.4 is 9.47 Å². The largest absolute Gasteiger partial charge is 0.454 e. The SMILES string of the molecule is Cc1cc(CC(=O)C2(c3ccc4c(c3)OCO4)CC2)ncc1-c1cccc(S(O)(O)N(C)C)c1. The Bertz CT molecular complexity index is 1270. The average Bonchev–Trinajstić information content (AvgIpc) is 3.50. The summed E-state index contributed by atoms with van der Waals surface area (Å²) in [6.45, 7) is 2.19. The van der Waals surface area contributed by atoms with Crippen molar-refractivity contribution in [2.45, 2.75) is 36.5 Å². The highest BCUT2D eigenvalue weighted by atomic mass is 32.3. The van der Waals surface area contributed by atoms with Gasteiger partial charge in [-0.1, -0.05) is 18.2 Å². The predicted octanol–water partition coefficient (Wildman–Crippen LogP) is 5.22. The van der Waals surface area contributed by atoms with Gasteiger partial charge in [0, 0.05) is 38.0 Å².